The standard InChI is InChI=1S/C12H23ClN4OSi/c1-12(2,3)19(4,5)18-7-6-15-10-9(14)8-16-11(13)17-10/h8H,6-7,14H2,1-5H3,(H,15,16,17). The molecule has 0 aliphatic rings. The number of nitrogens with one attached hydrogen (secondary N) is 1. The number of anilines is 2. The first-order chi connectivity index (χ1) is 8.63. The van der Waals surface area contributed by atoms with Crippen molar-refractivity contribution in [1.29, 1.82) is 0 Å². The average Bonchev–Trinajstić information content (AvgIpc) is 2.27. The molecule has 0 aromatic carbocycles. The maximum Gasteiger partial charge on any atom is 0.224 e. The second-order valence-electron chi connectivity index (χ2n) is 5.98. The Kier molecular flexibility index (Phi) is 5.17. The van der Waals surface area contributed by atoms with Gasteiger partial charge in [-0.15, -0.1) is 0 Å². The summed E-state index contributed by atoms with van der Waals surface area (Å²) in [5.74, 6) is 0.554. The Labute approximate surface area is 121 Å². The molecule has 0 unspecified atom stereocenters. The van der Waals surface area contributed by atoms with Gasteiger partial charge in [0.2, 0.25) is 5.28 Å². The van der Waals surface area contributed by atoms with Crippen molar-refractivity contribution in [3.8, 4) is 0 Å². The van der Waals surface area contributed by atoms with E-state index >= 15 is 0 Å². The summed E-state index contributed by atoms with van der Waals surface area (Å²) in [7, 11) is -1.70. The highest BCUT2D eigenvalue weighted by molar-refractivity contribution is 6.74. The van der Waals surface area contributed by atoms with Crippen molar-refractivity contribution in [1.82, 2.24) is 9.97 Å². The second-order valence-corrected chi connectivity index (χ2v) is 11.1. The molecule has 0 fully saturated rings. The van der Waals surface area contributed by atoms with Gasteiger partial charge < -0.3 is 15.5 Å². The molecule has 3 N–H and O–H groups in total. The summed E-state index contributed by atoms with van der Waals surface area (Å²) in [5, 5.41) is 3.51. The Morgan fingerprint density at radius 1 is 1.42 bits per heavy atom. The number of rotatable bonds is 5. The van der Waals surface area contributed by atoms with Crippen LogP contribution < -0.4 is 11.1 Å². The van der Waals surface area contributed by atoms with Crippen LogP contribution in [0.1, 0.15) is 20.8 Å². The molecule has 1 aromatic rings. The van der Waals surface area contributed by atoms with Crippen LogP contribution >= 0.6 is 11.6 Å². The van der Waals surface area contributed by atoms with Crippen LogP contribution in [0.2, 0.25) is 23.4 Å². The molecule has 0 radical (unpaired) electrons. The highest BCUT2D eigenvalue weighted by Gasteiger charge is 2.36. The van der Waals surface area contributed by atoms with Crippen molar-refractivity contribution in [3.05, 3.63) is 11.5 Å². The fraction of sp³-hybridized carbons (Fsp3) is 0.667. The van der Waals surface area contributed by atoms with Gasteiger partial charge in [0.15, 0.2) is 14.1 Å². The number of halogens is 1. The van der Waals surface area contributed by atoms with Gasteiger partial charge in [0.1, 0.15) is 0 Å². The fourth-order valence-corrected chi connectivity index (χ4v) is 2.38. The molecule has 0 bridgehead atoms. The molecule has 0 amide bonds. The maximum atomic E-state index is 6.04. The fourth-order valence-electron chi connectivity index (χ4n) is 1.20. The summed E-state index contributed by atoms with van der Waals surface area (Å²) in [4.78, 5) is 7.83. The largest absolute Gasteiger partial charge is 0.415 e. The summed E-state index contributed by atoms with van der Waals surface area (Å²) in [5.41, 5.74) is 6.23. The molecular formula is C12H23ClN4OSi. The van der Waals surface area contributed by atoms with Crippen LogP contribution in [0.15, 0.2) is 6.20 Å². The van der Waals surface area contributed by atoms with Crippen molar-refractivity contribution in [2.45, 2.75) is 38.9 Å². The number of hydrogen-bond donors (Lipinski definition) is 2. The third-order valence-electron chi connectivity index (χ3n) is 3.45. The van der Waals surface area contributed by atoms with Gasteiger partial charge in [0.25, 0.3) is 0 Å². The minimum atomic E-state index is -1.70. The molecule has 1 heterocycles. The summed E-state index contributed by atoms with van der Waals surface area (Å²) in [6.45, 7) is 12.4. The van der Waals surface area contributed by atoms with Crippen LogP contribution in [0.25, 0.3) is 0 Å². The van der Waals surface area contributed by atoms with Gasteiger partial charge >= 0.3 is 0 Å². The van der Waals surface area contributed by atoms with Crippen molar-refractivity contribution >= 4 is 31.4 Å². The first kappa shape index (κ1) is 16.2. The van der Waals surface area contributed by atoms with Crippen molar-refractivity contribution in [3.63, 3.8) is 0 Å². The van der Waals surface area contributed by atoms with E-state index in [2.05, 4.69) is 49.1 Å². The monoisotopic (exact) mass is 302 g/mol. The number of hydrogen-bond acceptors (Lipinski definition) is 5. The zero-order valence-electron chi connectivity index (χ0n) is 12.2. The van der Waals surface area contributed by atoms with E-state index in [0.717, 1.165) is 0 Å². The summed E-state index contributed by atoms with van der Waals surface area (Å²) >= 11 is 5.72. The minimum Gasteiger partial charge on any atom is -0.415 e. The van der Waals surface area contributed by atoms with Gasteiger partial charge in [0.05, 0.1) is 18.5 Å². The molecule has 1 aromatic heterocycles. The normalized spacial score (nSPS) is 12.5. The molecule has 0 aliphatic carbocycles. The predicted octanol–water partition coefficient (Wildman–Crippen LogP) is 3.15. The van der Waals surface area contributed by atoms with Gasteiger partial charge in [-0.1, -0.05) is 20.8 Å². The Hall–Kier alpha value is -0.853. The molecular weight excluding hydrogens is 280 g/mol. The van der Waals surface area contributed by atoms with E-state index in [1.54, 1.807) is 0 Å². The van der Waals surface area contributed by atoms with Crippen molar-refractivity contribution in [2.24, 2.45) is 0 Å². The lowest BCUT2D eigenvalue weighted by atomic mass is 10.2. The van der Waals surface area contributed by atoms with Gasteiger partial charge in [0, 0.05) is 6.54 Å². The van der Waals surface area contributed by atoms with Crippen molar-refractivity contribution < 1.29 is 4.43 Å². The van der Waals surface area contributed by atoms with Crippen molar-refractivity contribution in [2.75, 3.05) is 24.2 Å². The van der Waals surface area contributed by atoms with E-state index in [1.165, 1.54) is 6.20 Å². The highest BCUT2D eigenvalue weighted by Crippen LogP contribution is 2.36. The molecule has 7 heteroatoms. The number of nitrogens with zero attached hydrogens (tertiary/aromatic N) is 2. The van der Waals surface area contributed by atoms with E-state index in [-0.39, 0.29) is 10.3 Å². The third kappa shape index (κ3) is 4.63. The Morgan fingerprint density at radius 3 is 2.63 bits per heavy atom. The van der Waals surface area contributed by atoms with Crippen LogP contribution in [-0.2, 0) is 4.43 Å². The van der Waals surface area contributed by atoms with Crippen LogP contribution in [0, 0.1) is 0 Å². The first-order valence-corrected chi connectivity index (χ1v) is 9.58. The van der Waals surface area contributed by atoms with Gasteiger partial charge in [-0.2, -0.15) is 4.98 Å². The van der Waals surface area contributed by atoms with Crippen LogP contribution in [0.4, 0.5) is 11.5 Å². The highest BCUT2D eigenvalue weighted by atomic mass is 35.5. The predicted molar refractivity (Wildman–Crippen MR) is 83.1 cm³/mol. The molecule has 1 rings (SSSR count). The Balaban J connectivity index is 2.45. The molecule has 108 valence electrons. The zero-order chi connectivity index (χ0) is 14.7. The van der Waals surface area contributed by atoms with Crippen LogP contribution in [0.3, 0.4) is 0 Å². The molecule has 0 atom stereocenters. The van der Waals surface area contributed by atoms with E-state index < -0.39 is 8.32 Å². The topological polar surface area (TPSA) is 73.1 Å². The molecule has 0 aliphatic heterocycles. The summed E-state index contributed by atoms with van der Waals surface area (Å²) < 4.78 is 6.04. The molecule has 19 heavy (non-hydrogen) atoms. The van der Waals surface area contributed by atoms with Gasteiger partial charge in [-0.25, -0.2) is 4.98 Å². The average molecular weight is 303 g/mol. The molecule has 5 nitrogen and oxygen atoms in total. The molecule has 0 spiro atoms. The summed E-state index contributed by atoms with van der Waals surface area (Å²) in [6, 6.07) is 0. The smallest absolute Gasteiger partial charge is 0.224 e. The Morgan fingerprint density at radius 2 is 2.05 bits per heavy atom. The summed E-state index contributed by atoms with van der Waals surface area (Å²) in [6.07, 6.45) is 1.49. The van der Waals surface area contributed by atoms with E-state index in [4.69, 9.17) is 21.8 Å². The number of aromatic nitrogens is 2. The van der Waals surface area contributed by atoms with E-state index in [0.29, 0.717) is 24.7 Å². The lowest BCUT2D eigenvalue weighted by Gasteiger charge is -2.36. The minimum absolute atomic E-state index is 0.182. The zero-order valence-corrected chi connectivity index (χ0v) is 14.0. The lowest BCUT2D eigenvalue weighted by Crippen LogP contribution is -2.41. The number of nitrogen functional groups attached to an aromatic ring is 1. The van der Waals surface area contributed by atoms with E-state index in [1.807, 2.05) is 0 Å². The molecule has 0 saturated carbocycles. The lowest BCUT2D eigenvalue weighted by molar-refractivity contribution is 0.301. The van der Waals surface area contributed by atoms with Gasteiger partial charge in [-0.05, 0) is 29.7 Å². The molecule has 0 saturated heterocycles. The van der Waals surface area contributed by atoms with E-state index in [9.17, 15) is 0 Å². The SMILES string of the molecule is CC(C)(C)[Si](C)(C)OCCNc1nc(Cl)ncc1N. The van der Waals surface area contributed by atoms with Crippen LogP contribution in [0.5, 0.6) is 0 Å². The second kappa shape index (κ2) is 6.07. The number of nitrogens with two attached hydrogens (primary N) is 1. The first-order valence-electron chi connectivity index (χ1n) is 6.29. The maximum absolute atomic E-state index is 6.04. The quantitative estimate of drug-likeness (QED) is 0.496. The van der Waals surface area contributed by atoms with Crippen LogP contribution in [-0.4, -0.2) is 31.4 Å². The third-order valence-corrected chi connectivity index (χ3v) is 8.17. The van der Waals surface area contributed by atoms with Gasteiger partial charge in [-0.3, -0.25) is 0 Å². The Bertz CT molecular complexity index is 434.